The maximum atomic E-state index is 11.4. The molecular formula is C17H20N2O3. The fraction of sp³-hybridized carbons (Fsp3) is 0.235. The van der Waals surface area contributed by atoms with Gasteiger partial charge in [0.05, 0.1) is 25.0 Å². The highest BCUT2D eigenvalue weighted by molar-refractivity contribution is 5.99. The van der Waals surface area contributed by atoms with Crippen molar-refractivity contribution >= 4 is 11.6 Å². The summed E-state index contributed by atoms with van der Waals surface area (Å²) in [5.74, 6) is 0.299. The van der Waals surface area contributed by atoms with Crippen molar-refractivity contribution in [2.45, 2.75) is 12.8 Å². The summed E-state index contributed by atoms with van der Waals surface area (Å²) >= 11 is 0. The van der Waals surface area contributed by atoms with Crippen LogP contribution in [0.5, 0.6) is 11.5 Å². The summed E-state index contributed by atoms with van der Waals surface area (Å²) in [5, 5.41) is 0. The number of methoxy groups -OCH3 is 1. The van der Waals surface area contributed by atoms with E-state index in [-0.39, 0.29) is 11.3 Å². The van der Waals surface area contributed by atoms with E-state index >= 15 is 0 Å². The van der Waals surface area contributed by atoms with Gasteiger partial charge in [0.25, 0.3) is 5.91 Å². The van der Waals surface area contributed by atoms with E-state index in [1.54, 1.807) is 12.1 Å². The summed E-state index contributed by atoms with van der Waals surface area (Å²) in [5.41, 5.74) is 12.8. The van der Waals surface area contributed by atoms with Gasteiger partial charge in [0.15, 0.2) is 0 Å². The number of aryl methyl sites for hydroxylation is 1. The fourth-order valence-corrected chi connectivity index (χ4v) is 2.17. The van der Waals surface area contributed by atoms with Crippen LogP contribution in [0.4, 0.5) is 5.69 Å². The highest BCUT2D eigenvalue weighted by atomic mass is 16.5. The quantitative estimate of drug-likeness (QED) is 0.607. The number of hydrogen-bond acceptors (Lipinski definition) is 4. The maximum Gasteiger partial charge on any atom is 0.251 e. The van der Waals surface area contributed by atoms with Crippen molar-refractivity contribution < 1.29 is 14.3 Å². The molecule has 1 amide bonds. The maximum absolute atomic E-state index is 11.4. The van der Waals surface area contributed by atoms with E-state index in [9.17, 15) is 4.79 Å². The Morgan fingerprint density at radius 2 is 1.91 bits per heavy atom. The second-order valence-corrected chi connectivity index (χ2v) is 4.89. The molecule has 0 saturated heterocycles. The third-order valence-electron chi connectivity index (χ3n) is 3.32. The molecule has 0 aliphatic carbocycles. The number of anilines is 1. The zero-order valence-corrected chi connectivity index (χ0v) is 12.5. The lowest BCUT2D eigenvalue weighted by Gasteiger charge is -2.12. The second-order valence-electron chi connectivity index (χ2n) is 4.89. The lowest BCUT2D eigenvalue weighted by atomic mass is 10.1. The van der Waals surface area contributed by atoms with Gasteiger partial charge in [-0.25, -0.2) is 0 Å². The molecule has 2 aromatic rings. The summed E-state index contributed by atoms with van der Waals surface area (Å²) in [6.07, 6.45) is 1.79. The van der Waals surface area contributed by atoms with Gasteiger partial charge in [0.1, 0.15) is 11.5 Å². The van der Waals surface area contributed by atoms with Gasteiger partial charge in [-0.15, -0.1) is 0 Å². The molecule has 22 heavy (non-hydrogen) atoms. The van der Waals surface area contributed by atoms with Gasteiger partial charge in [-0.1, -0.05) is 30.3 Å². The first-order valence-corrected chi connectivity index (χ1v) is 7.06. The number of nitrogens with two attached hydrogens (primary N) is 2. The number of benzene rings is 2. The minimum absolute atomic E-state index is 0.206. The number of hydrogen-bond donors (Lipinski definition) is 2. The van der Waals surface area contributed by atoms with Crippen molar-refractivity contribution in [3.63, 3.8) is 0 Å². The largest absolute Gasteiger partial charge is 0.494 e. The summed E-state index contributed by atoms with van der Waals surface area (Å²) in [7, 11) is 1.48. The summed E-state index contributed by atoms with van der Waals surface area (Å²) in [6, 6.07) is 13.4. The van der Waals surface area contributed by atoms with Crippen molar-refractivity contribution in [1.82, 2.24) is 0 Å². The monoisotopic (exact) mass is 300 g/mol. The standard InChI is InChI=1S/C17H20N2O3/c1-21-15-11-13(10-14(16(15)18)17(19)20)22-9-5-8-12-6-3-2-4-7-12/h2-4,6-7,10-11H,5,8-9,18H2,1H3,(H2,19,20). The predicted molar refractivity (Wildman–Crippen MR) is 86.2 cm³/mol. The zero-order chi connectivity index (χ0) is 15.9. The summed E-state index contributed by atoms with van der Waals surface area (Å²) in [6.45, 7) is 0.528. The van der Waals surface area contributed by atoms with E-state index < -0.39 is 5.91 Å². The normalized spacial score (nSPS) is 10.2. The number of rotatable bonds is 7. The van der Waals surface area contributed by atoms with Crippen molar-refractivity contribution in [2.75, 3.05) is 19.5 Å². The van der Waals surface area contributed by atoms with Crippen LogP contribution in [0.15, 0.2) is 42.5 Å². The molecular weight excluding hydrogens is 280 g/mol. The van der Waals surface area contributed by atoms with Gasteiger partial charge in [-0.3, -0.25) is 4.79 Å². The molecule has 4 N–H and O–H groups in total. The van der Waals surface area contributed by atoms with E-state index in [2.05, 4.69) is 12.1 Å². The highest BCUT2D eigenvalue weighted by Crippen LogP contribution is 2.31. The molecule has 0 heterocycles. The number of amides is 1. The third-order valence-corrected chi connectivity index (χ3v) is 3.32. The molecule has 2 aromatic carbocycles. The van der Waals surface area contributed by atoms with Gasteiger partial charge in [-0.05, 0) is 24.5 Å². The molecule has 0 fully saturated rings. The first kappa shape index (κ1) is 15.7. The number of carbonyl (C=O) groups is 1. The van der Waals surface area contributed by atoms with Crippen LogP contribution in [0.2, 0.25) is 0 Å². The molecule has 0 bridgehead atoms. The van der Waals surface area contributed by atoms with Crippen LogP contribution in [0, 0.1) is 0 Å². The zero-order valence-electron chi connectivity index (χ0n) is 12.5. The minimum Gasteiger partial charge on any atom is -0.494 e. The second kappa shape index (κ2) is 7.36. The van der Waals surface area contributed by atoms with Crippen LogP contribution < -0.4 is 20.9 Å². The molecule has 0 unspecified atom stereocenters. The van der Waals surface area contributed by atoms with Crippen molar-refractivity contribution in [1.29, 1.82) is 0 Å². The molecule has 0 aliphatic heterocycles. The Morgan fingerprint density at radius 3 is 2.55 bits per heavy atom. The lowest BCUT2D eigenvalue weighted by molar-refractivity contribution is 0.100. The Balaban J connectivity index is 1.97. The molecule has 116 valence electrons. The number of carbonyl (C=O) groups excluding carboxylic acids is 1. The minimum atomic E-state index is -0.606. The van der Waals surface area contributed by atoms with Crippen molar-refractivity contribution in [3.05, 3.63) is 53.6 Å². The Morgan fingerprint density at radius 1 is 1.18 bits per heavy atom. The molecule has 0 saturated carbocycles. The Labute approximate surface area is 129 Å². The lowest BCUT2D eigenvalue weighted by Crippen LogP contribution is -2.14. The van der Waals surface area contributed by atoms with Crippen LogP contribution in [0.3, 0.4) is 0 Å². The Bertz CT molecular complexity index is 642. The van der Waals surface area contributed by atoms with Crippen molar-refractivity contribution in [2.24, 2.45) is 5.73 Å². The van der Waals surface area contributed by atoms with Gasteiger partial charge >= 0.3 is 0 Å². The van der Waals surface area contributed by atoms with E-state index in [1.807, 2.05) is 18.2 Å². The van der Waals surface area contributed by atoms with Crippen LogP contribution in [0.1, 0.15) is 22.3 Å². The average Bonchev–Trinajstić information content (AvgIpc) is 2.53. The first-order chi connectivity index (χ1) is 10.6. The summed E-state index contributed by atoms with van der Waals surface area (Å²) < 4.78 is 10.8. The Hall–Kier alpha value is -2.69. The Kier molecular flexibility index (Phi) is 5.25. The molecule has 0 aromatic heterocycles. The smallest absolute Gasteiger partial charge is 0.251 e. The van der Waals surface area contributed by atoms with Gasteiger partial charge in [0, 0.05) is 6.07 Å². The van der Waals surface area contributed by atoms with Crippen LogP contribution >= 0.6 is 0 Å². The predicted octanol–water partition coefficient (Wildman–Crippen LogP) is 2.39. The van der Waals surface area contributed by atoms with E-state index in [0.717, 1.165) is 12.8 Å². The number of ether oxygens (including phenoxy) is 2. The number of primary amides is 1. The molecule has 0 atom stereocenters. The molecule has 0 aliphatic rings. The van der Waals surface area contributed by atoms with Gasteiger partial charge in [0.2, 0.25) is 0 Å². The molecule has 2 rings (SSSR count). The topological polar surface area (TPSA) is 87.6 Å². The van der Waals surface area contributed by atoms with Crippen molar-refractivity contribution in [3.8, 4) is 11.5 Å². The third kappa shape index (κ3) is 3.91. The van der Waals surface area contributed by atoms with Crippen LogP contribution in [0.25, 0.3) is 0 Å². The van der Waals surface area contributed by atoms with E-state index in [4.69, 9.17) is 20.9 Å². The average molecular weight is 300 g/mol. The SMILES string of the molecule is COc1cc(OCCCc2ccccc2)cc(C(N)=O)c1N. The van der Waals surface area contributed by atoms with E-state index in [1.165, 1.54) is 12.7 Å². The molecule has 0 spiro atoms. The molecule has 5 heteroatoms. The van der Waals surface area contributed by atoms with Crippen LogP contribution in [-0.2, 0) is 6.42 Å². The first-order valence-electron chi connectivity index (χ1n) is 7.06. The van der Waals surface area contributed by atoms with Gasteiger partial charge in [-0.2, -0.15) is 0 Å². The highest BCUT2D eigenvalue weighted by Gasteiger charge is 2.13. The number of nitrogen functional groups attached to an aromatic ring is 1. The fourth-order valence-electron chi connectivity index (χ4n) is 2.17. The van der Waals surface area contributed by atoms with E-state index in [0.29, 0.717) is 18.1 Å². The summed E-state index contributed by atoms with van der Waals surface area (Å²) in [4.78, 5) is 11.4. The molecule has 5 nitrogen and oxygen atoms in total. The van der Waals surface area contributed by atoms with Crippen LogP contribution in [-0.4, -0.2) is 19.6 Å². The molecule has 0 radical (unpaired) electrons. The van der Waals surface area contributed by atoms with Gasteiger partial charge < -0.3 is 20.9 Å².